The number of aliphatic hydroxyl groups is 3. The van der Waals surface area contributed by atoms with Crippen LogP contribution in [0.15, 0.2) is 47.6 Å². The lowest BCUT2D eigenvalue weighted by molar-refractivity contribution is -0.265. The predicted octanol–water partition coefficient (Wildman–Crippen LogP) is 7.78. The van der Waals surface area contributed by atoms with Crippen LogP contribution in [0, 0.1) is 35.5 Å². The molecule has 0 aromatic rings. The summed E-state index contributed by atoms with van der Waals surface area (Å²) in [7, 11) is 0.114. The average molecular weight is 1020 g/mol. The Balaban J connectivity index is 1.69. The van der Waals surface area contributed by atoms with Crippen molar-refractivity contribution in [3.63, 3.8) is 0 Å². The first-order valence-corrected chi connectivity index (χ1v) is 29.0. The molecule has 0 aromatic carbocycles. The SMILES string of the molecule is CO[C@@H]1C[C@H](C[C@@H](C)[C@@H]2CC(=O)[C@H](C)/C=C(\C)[C@@H](O)[C@@H](OC)C(=O)[C@H](C)C[C@H](C)/C=C/C=C/C=C(\C)[C@@H](O)C[C@@H]3CC[C@@H](C)[C@@](O)(O3)C(=O)C(=O)N3CCCC[C@H]3C(=O)O2)CC[C@H]1OP(C)(=O)CSC. The maximum atomic E-state index is 14.5. The molecule has 2 saturated heterocycles. The van der Waals surface area contributed by atoms with E-state index in [1.54, 1.807) is 66.6 Å². The molecule has 3 fully saturated rings. The highest BCUT2D eigenvalue weighted by Crippen LogP contribution is 2.49. The van der Waals surface area contributed by atoms with Crippen molar-refractivity contribution in [2.24, 2.45) is 35.5 Å². The summed E-state index contributed by atoms with van der Waals surface area (Å²) < 4.78 is 43.1. The standard InChI is InChI=1S/C53H84NO14PS/c1-32-17-13-12-14-18-33(2)42(55)29-40-22-20-38(7)53(62,67-40)50(59)51(60)54-24-16-15-19-41(54)52(61)66-45(30-43(56)34(3)26-37(6)48(58)49(65-9)47(57)36(5)25-32)35(4)27-39-21-23-44(46(28-39)64-8)68-69(10,63)31-70-11/h12-14,17-18,26,32,34-36,38-42,44-46,48-49,55,58,62H,15-16,19-25,27-31H2,1-11H3/b14-12+,17-13+,33-18+,37-26+/t32-,34-,35-,36-,38-,39+,40+,41+,42+,44-,45+,46-,48-,49+,53-,69?/m1/s1. The molecule has 3 heterocycles. The molecule has 4 aliphatic rings. The first kappa shape index (κ1) is 59.8. The monoisotopic (exact) mass is 1020 g/mol. The van der Waals surface area contributed by atoms with E-state index in [2.05, 4.69) is 0 Å². The van der Waals surface area contributed by atoms with E-state index < -0.39 is 85.1 Å². The van der Waals surface area contributed by atoms with Gasteiger partial charge in [-0.2, -0.15) is 11.8 Å². The number of ether oxygens (including phenoxy) is 4. The van der Waals surface area contributed by atoms with Gasteiger partial charge in [0.2, 0.25) is 13.2 Å². The lowest BCUT2D eigenvalue weighted by Crippen LogP contribution is -2.61. The molecule has 1 unspecified atom stereocenters. The smallest absolute Gasteiger partial charge is 0.329 e. The van der Waals surface area contributed by atoms with E-state index in [-0.39, 0.29) is 67.3 Å². The topological polar surface area (TPSA) is 212 Å². The molecule has 0 radical (unpaired) electrons. The summed E-state index contributed by atoms with van der Waals surface area (Å²) in [6.07, 6.45) is 11.6. The largest absolute Gasteiger partial charge is 0.460 e. The molecule has 0 spiro atoms. The summed E-state index contributed by atoms with van der Waals surface area (Å²) in [6.45, 7) is 14.1. The van der Waals surface area contributed by atoms with Gasteiger partial charge in [-0.05, 0) is 113 Å². The summed E-state index contributed by atoms with van der Waals surface area (Å²) in [5, 5.41) is 34.5. The number of Topliss-reactive ketones (excluding diaryl/α,β-unsaturated/α-hetero) is 3. The molecule has 1 saturated carbocycles. The fraction of sp³-hybridized carbons (Fsp3) is 0.755. The second-order valence-corrected chi connectivity index (χ2v) is 24.7. The number of cyclic esters (lactones) is 1. The van der Waals surface area contributed by atoms with Crippen molar-refractivity contribution >= 4 is 48.4 Å². The van der Waals surface area contributed by atoms with E-state index in [1.807, 2.05) is 38.3 Å². The average Bonchev–Trinajstić information content (AvgIpc) is 3.31. The number of hydrogen-bond acceptors (Lipinski definition) is 15. The van der Waals surface area contributed by atoms with Crippen LogP contribution < -0.4 is 0 Å². The molecule has 2 bridgehead atoms. The molecule has 1 amide bonds. The minimum Gasteiger partial charge on any atom is -0.460 e. The van der Waals surface area contributed by atoms with Crippen molar-refractivity contribution in [2.75, 3.05) is 39.2 Å². The van der Waals surface area contributed by atoms with Gasteiger partial charge in [0.05, 0.1) is 29.9 Å². The number of aliphatic hydroxyl groups excluding tert-OH is 2. The second kappa shape index (κ2) is 27.5. The number of thioether (sulfide) groups is 1. The van der Waals surface area contributed by atoms with E-state index >= 15 is 0 Å². The third-order valence-corrected chi connectivity index (χ3v) is 18.5. The zero-order valence-corrected chi connectivity index (χ0v) is 45.3. The molecule has 17 heteroatoms. The Morgan fingerprint density at radius 2 is 1.61 bits per heavy atom. The lowest BCUT2D eigenvalue weighted by Gasteiger charge is -2.42. The van der Waals surface area contributed by atoms with Gasteiger partial charge in [-0.1, -0.05) is 71.1 Å². The number of carbonyl (C=O) groups is 5. The van der Waals surface area contributed by atoms with E-state index in [0.717, 1.165) is 11.3 Å². The fourth-order valence-corrected chi connectivity index (χ4v) is 13.4. The van der Waals surface area contributed by atoms with Crippen LogP contribution in [-0.4, -0.2) is 143 Å². The van der Waals surface area contributed by atoms with E-state index in [0.29, 0.717) is 68.0 Å². The molecule has 3 N–H and O–H groups in total. The van der Waals surface area contributed by atoms with Crippen molar-refractivity contribution in [2.45, 2.75) is 180 Å². The van der Waals surface area contributed by atoms with Crippen LogP contribution in [0.3, 0.4) is 0 Å². The number of allylic oxidation sites excluding steroid dienone is 6. The van der Waals surface area contributed by atoms with Gasteiger partial charge in [0.15, 0.2) is 5.78 Å². The fourth-order valence-electron chi connectivity index (χ4n) is 10.5. The van der Waals surface area contributed by atoms with Gasteiger partial charge in [-0.15, -0.1) is 0 Å². The van der Waals surface area contributed by atoms with E-state index in [4.69, 9.17) is 23.5 Å². The quantitative estimate of drug-likeness (QED) is 0.0871. The van der Waals surface area contributed by atoms with Crippen LogP contribution in [0.1, 0.15) is 126 Å². The molecule has 4 rings (SSSR count). The summed E-state index contributed by atoms with van der Waals surface area (Å²) in [5.74, 6) is -8.41. The molecule has 3 aliphatic heterocycles. The van der Waals surface area contributed by atoms with Gasteiger partial charge in [-0.3, -0.25) is 23.7 Å². The number of carbonyl (C=O) groups excluding carboxylic acids is 5. The lowest BCUT2D eigenvalue weighted by atomic mass is 9.78. The van der Waals surface area contributed by atoms with Gasteiger partial charge in [0, 0.05) is 58.0 Å². The van der Waals surface area contributed by atoms with E-state index in [9.17, 15) is 43.9 Å². The Kier molecular flexibility index (Phi) is 23.5. The zero-order chi connectivity index (χ0) is 52.1. The highest BCUT2D eigenvalue weighted by molar-refractivity contribution is 8.04. The Morgan fingerprint density at radius 3 is 2.29 bits per heavy atom. The van der Waals surface area contributed by atoms with Gasteiger partial charge >= 0.3 is 5.97 Å². The van der Waals surface area contributed by atoms with Crippen molar-refractivity contribution in [3.05, 3.63) is 47.6 Å². The molecule has 70 heavy (non-hydrogen) atoms. The third kappa shape index (κ3) is 16.4. The maximum absolute atomic E-state index is 14.5. The number of esters is 1. The number of methoxy groups -OCH3 is 2. The second-order valence-electron chi connectivity index (χ2n) is 20.9. The van der Waals surface area contributed by atoms with Gasteiger partial charge in [-0.25, -0.2) is 4.79 Å². The predicted molar refractivity (Wildman–Crippen MR) is 271 cm³/mol. The number of rotatable bonds is 9. The van der Waals surface area contributed by atoms with Crippen LogP contribution >= 0.6 is 19.1 Å². The zero-order valence-electron chi connectivity index (χ0n) is 43.6. The normalized spacial score (nSPS) is 39.3. The highest BCUT2D eigenvalue weighted by atomic mass is 32.2. The van der Waals surface area contributed by atoms with Gasteiger partial charge < -0.3 is 43.7 Å². The number of nitrogens with zero attached hydrogens (tertiary/aromatic N) is 1. The number of fused-ring (bicyclic) bond motifs is 3. The van der Waals surface area contributed by atoms with Crippen molar-refractivity contribution in [3.8, 4) is 0 Å². The number of piperidine rings is 1. The maximum Gasteiger partial charge on any atom is 0.329 e. The molecule has 15 nitrogen and oxygen atoms in total. The van der Waals surface area contributed by atoms with Crippen molar-refractivity contribution < 1.29 is 67.3 Å². The van der Waals surface area contributed by atoms with Gasteiger partial charge in [0.1, 0.15) is 30.1 Å². The Hall–Kier alpha value is -2.79. The summed E-state index contributed by atoms with van der Waals surface area (Å²) in [4.78, 5) is 72.1. The third-order valence-electron chi connectivity index (χ3n) is 14.9. The first-order valence-electron chi connectivity index (χ1n) is 25.3. The molecule has 16 atom stereocenters. The van der Waals surface area contributed by atoms with Gasteiger partial charge in [0.25, 0.3) is 11.7 Å². The number of ketones is 3. The van der Waals surface area contributed by atoms with Crippen LogP contribution in [0.2, 0.25) is 0 Å². The van der Waals surface area contributed by atoms with Crippen molar-refractivity contribution in [1.29, 1.82) is 0 Å². The summed E-state index contributed by atoms with van der Waals surface area (Å²) in [6, 6.07) is -1.18. The van der Waals surface area contributed by atoms with Crippen LogP contribution in [0.25, 0.3) is 0 Å². The summed E-state index contributed by atoms with van der Waals surface area (Å²) >= 11 is 1.46. The molecule has 396 valence electrons. The minimum atomic E-state index is -2.86. The molecular weight excluding hydrogens is 938 g/mol. The highest BCUT2D eigenvalue weighted by Gasteiger charge is 2.53. The van der Waals surface area contributed by atoms with Crippen molar-refractivity contribution in [1.82, 2.24) is 4.90 Å². The molecule has 1 aliphatic carbocycles. The summed E-state index contributed by atoms with van der Waals surface area (Å²) in [5.41, 5.74) is 1.38. The Bertz CT molecular complexity index is 1970. The Labute approximate surface area is 421 Å². The first-order chi connectivity index (χ1) is 33.0. The van der Waals surface area contributed by atoms with E-state index in [1.165, 1.54) is 18.9 Å². The van der Waals surface area contributed by atoms with Crippen LogP contribution in [0.4, 0.5) is 0 Å². The Morgan fingerprint density at radius 1 is 0.900 bits per heavy atom. The molecule has 0 aromatic heterocycles. The number of hydrogen-bond donors (Lipinski definition) is 3. The minimum absolute atomic E-state index is 0.0137. The van der Waals surface area contributed by atoms with Crippen LogP contribution in [-0.2, 0) is 52.0 Å². The molecular formula is C53H84NO14PS. The number of amides is 1. The van der Waals surface area contributed by atoms with Crippen LogP contribution in [0.5, 0.6) is 0 Å².